The zero-order chi connectivity index (χ0) is 15.2. The molecular weight excluding hydrogens is 272 g/mol. The van der Waals surface area contributed by atoms with Crippen LogP contribution in [0.5, 0.6) is 0 Å². The highest BCUT2D eigenvalue weighted by atomic mass is 16.5. The summed E-state index contributed by atoms with van der Waals surface area (Å²) in [6, 6.07) is 5.05. The molecule has 2 heterocycles. The zero-order valence-electron chi connectivity index (χ0n) is 11.3. The molecule has 0 aliphatic carbocycles. The molecule has 0 atom stereocenters. The van der Waals surface area contributed by atoms with Crippen LogP contribution in [0.3, 0.4) is 0 Å². The Morgan fingerprint density at radius 2 is 2.14 bits per heavy atom. The molecule has 0 aromatic carbocycles. The van der Waals surface area contributed by atoms with E-state index in [2.05, 4.69) is 0 Å². The van der Waals surface area contributed by atoms with Gasteiger partial charge in [-0.1, -0.05) is 0 Å². The van der Waals surface area contributed by atoms with Crippen LogP contribution in [-0.4, -0.2) is 21.5 Å². The number of hydrogen-bond donors (Lipinski definition) is 2. The van der Waals surface area contributed by atoms with Gasteiger partial charge >= 0.3 is 0 Å². The molecule has 0 saturated heterocycles. The highest BCUT2D eigenvalue weighted by Gasteiger charge is 2.04. The molecule has 0 bridgehead atoms. The molecule has 2 rings (SSSR count). The first-order valence-electron chi connectivity index (χ1n) is 6.14. The van der Waals surface area contributed by atoms with Gasteiger partial charge in [-0.3, -0.25) is 14.8 Å². The third-order valence-corrected chi connectivity index (χ3v) is 2.77. The number of aromatic nitrogens is 1. The van der Waals surface area contributed by atoms with Crippen molar-refractivity contribution < 1.29 is 19.2 Å². The molecule has 6 heteroatoms. The van der Waals surface area contributed by atoms with Crippen molar-refractivity contribution in [3.63, 3.8) is 0 Å². The molecular formula is C15H14N2O4. The molecule has 0 aliphatic heterocycles. The third-order valence-electron chi connectivity index (χ3n) is 2.77. The maximum Gasteiger partial charge on any atom is 0.267 e. The molecule has 108 valence electrons. The number of hydroxylamine groups is 1. The van der Waals surface area contributed by atoms with Crippen LogP contribution < -0.4 is 5.48 Å². The largest absolute Gasteiger partial charge is 0.461 e. The maximum absolute atomic E-state index is 11.7. The lowest BCUT2D eigenvalue weighted by Crippen LogP contribution is -2.14. The Hall–Kier alpha value is -2.86. The van der Waals surface area contributed by atoms with E-state index in [1.165, 1.54) is 23.9 Å². The maximum atomic E-state index is 11.7. The number of carbonyl (C=O) groups is 2. The van der Waals surface area contributed by atoms with Gasteiger partial charge < -0.3 is 8.98 Å². The van der Waals surface area contributed by atoms with Gasteiger partial charge in [0.05, 0.1) is 6.26 Å². The lowest BCUT2D eigenvalue weighted by molar-refractivity contribution is -0.124. The molecule has 0 aliphatic rings. The van der Waals surface area contributed by atoms with Crippen molar-refractivity contribution in [2.24, 2.45) is 7.05 Å². The normalized spacial score (nSPS) is 11.3. The van der Waals surface area contributed by atoms with Gasteiger partial charge in [0.2, 0.25) is 5.78 Å². The summed E-state index contributed by atoms with van der Waals surface area (Å²) in [4.78, 5) is 22.7. The number of furan rings is 1. The fraction of sp³-hybridized carbons (Fsp3) is 0.0667. The Bertz CT molecular complexity index is 693. The van der Waals surface area contributed by atoms with Crippen LogP contribution in [0.1, 0.15) is 21.8 Å². The van der Waals surface area contributed by atoms with Gasteiger partial charge in [0, 0.05) is 25.0 Å². The Balaban J connectivity index is 2.10. The van der Waals surface area contributed by atoms with Crippen LogP contribution in [0.4, 0.5) is 0 Å². The topological polar surface area (TPSA) is 84.5 Å². The number of carbonyl (C=O) groups excluding carboxylic acids is 2. The lowest BCUT2D eigenvalue weighted by Gasteiger charge is -1.94. The van der Waals surface area contributed by atoms with Crippen LogP contribution in [0, 0.1) is 0 Å². The number of rotatable bonds is 5. The Kier molecular flexibility index (Phi) is 4.53. The van der Waals surface area contributed by atoms with Gasteiger partial charge in [0.15, 0.2) is 5.76 Å². The predicted octanol–water partition coefficient (Wildman–Crippen LogP) is 2.03. The minimum atomic E-state index is -0.610. The molecule has 0 saturated carbocycles. The summed E-state index contributed by atoms with van der Waals surface area (Å²) in [5.74, 6) is -0.552. The second-order valence-electron chi connectivity index (χ2n) is 4.29. The third kappa shape index (κ3) is 3.80. The molecule has 21 heavy (non-hydrogen) atoms. The molecule has 0 radical (unpaired) electrons. The van der Waals surface area contributed by atoms with E-state index in [4.69, 9.17) is 9.62 Å². The van der Waals surface area contributed by atoms with Crippen molar-refractivity contribution in [2.75, 3.05) is 0 Å². The summed E-state index contributed by atoms with van der Waals surface area (Å²) in [6.45, 7) is 0. The first-order valence-corrected chi connectivity index (χ1v) is 6.14. The fourth-order valence-electron chi connectivity index (χ4n) is 1.74. The van der Waals surface area contributed by atoms with Gasteiger partial charge in [-0.2, -0.15) is 0 Å². The average molecular weight is 286 g/mol. The van der Waals surface area contributed by atoms with E-state index in [1.807, 2.05) is 13.2 Å². The van der Waals surface area contributed by atoms with Crippen LogP contribution in [0.2, 0.25) is 0 Å². The highest BCUT2D eigenvalue weighted by Crippen LogP contribution is 2.12. The first kappa shape index (κ1) is 14.5. The average Bonchev–Trinajstić information content (AvgIpc) is 3.12. The molecule has 2 N–H and O–H groups in total. The Labute approximate surface area is 120 Å². The number of ketones is 1. The Morgan fingerprint density at radius 3 is 2.81 bits per heavy atom. The van der Waals surface area contributed by atoms with E-state index in [0.29, 0.717) is 0 Å². The van der Waals surface area contributed by atoms with Gasteiger partial charge in [0.25, 0.3) is 5.91 Å². The van der Waals surface area contributed by atoms with E-state index in [0.717, 1.165) is 11.3 Å². The predicted molar refractivity (Wildman–Crippen MR) is 76.4 cm³/mol. The first-order chi connectivity index (χ1) is 10.1. The summed E-state index contributed by atoms with van der Waals surface area (Å²) in [7, 11) is 1.81. The van der Waals surface area contributed by atoms with Crippen molar-refractivity contribution >= 4 is 23.8 Å². The summed E-state index contributed by atoms with van der Waals surface area (Å²) >= 11 is 0. The fourth-order valence-corrected chi connectivity index (χ4v) is 1.74. The number of aryl methyl sites for hydroxylation is 1. The monoisotopic (exact) mass is 286 g/mol. The van der Waals surface area contributed by atoms with Crippen LogP contribution in [-0.2, 0) is 11.8 Å². The second kappa shape index (κ2) is 6.53. The number of nitrogens with one attached hydrogen (secondary N) is 1. The minimum absolute atomic E-state index is 0.222. The van der Waals surface area contributed by atoms with Gasteiger partial charge in [-0.25, -0.2) is 5.48 Å². The van der Waals surface area contributed by atoms with E-state index in [1.54, 1.807) is 34.9 Å². The van der Waals surface area contributed by atoms with Gasteiger partial charge in [0.1, 0.15) is 0 Å². The number of amides is 1. The van der Waals surface area contributed by atoms with Crippen LogP contribution in [0.25, 0.3) is 12.2 Å². The SMILES string of the molecule is Cn1cc(/C=C/C(=O)c2ccco2)cc1/C=C/C(=O)NO. The van der Waals surface area contributed by atoms with Crippen LogP contribution >= 0.6 is 0 Å². The minimum Gasteiger partial charge on any atom is -0.461 e. The highest BCUT2D eigenvalue weighted by molar-refractivity contribution is 6.04. The van der Waals surface area contributed by atoms with Crippen molar-refractivity contribution in [1.82, 2.24) is 10.0 Å². The summed E-state index contributed by atoms with van der Waals surface area (Å²) < 4.78 is 6.79. The molecule has 6 nitrogen and oxygen atoms in total. The molecule has 0 fully saturated rings. The summed E-state index contributed by atoms with van der Waals surface area (Å²) in [5, 5.41) is 8.41. The number of nitrogens with zero attached hydrogens (tertiary/aromatic N) is 1. The quantitative estimate of drug-likeness (QED) is 0.381. The lowest BCUT2D eigenvalue weighted by atomic mass is 10.2. The standard InChI is InChI=1S/C15H14N2O4/c1-17-10-11(9-12(17)5-7-15(19)16-20)4-6-13(18)14-3-2-8-21-14/h2-10,20H,1H3,(H,16,19)/b6-4+,7-5+. The summed E-state index contributed by atoms with van der Waals surface area (Å²) in [5.41, 5.74) is 3.07. The van der Waals surface area contributed by atoms with Gasteiger partial charge in [-0.15, -0.1) is 0 Å². The smallest absolute Gasteiger partial charge is 0.267 e. The van der Waals surface area contributed by atoms with Crippen molar-refractivity contribution in [3.8, 4) is 0 Å². The number of hydrogen-bond acceptors (Lipinski definition) is 4. The van der Waals surface area contributed by atoms with E-state index in [-0.39, 0.29) is 11.5 Å². The Morgan fingerprint density at radius 1 is 1.33 bits per heavy atom. The van der Waals surface area contributed by atoms with E-state index in [9.17, 15) is 9.59 Å². The molecule has 0 spiro atoms. The van der Waals surface area contributed by atoms with Gasteiger partial charge in [-0.05, 0) is 42.0 Å². The molecule has 1 amide bonds. The number of allylic oxidation sites excluding steroid dienone is 1. The second-order valence-corrected chi connectivity index (χ2v) is 4.29. The van der Waals surface area contributed by atoms with Crippen molar-refractivity contribution in [3.05, 3.63) is 59.8 Å². The van der Waals surface area contributed by atoms with Crippen molar-refractivity contribution in [1.29, 1.82) is 0 Å². The molecule has 2 aromatic heterocycles. The van der Waals surface area contributed by atoms with E-state index < -0.39 is 5.91 Å². The molecule has 2 aromatic rings. The van der Waals surface area contributed by atoms with Crippen LogP contribution in [0.15, 0.2) is 47.2 Å². The zero-order valence-corrected chi connectivity index (χ0v) is 11.3. The van der Waals surface area contributed by atoms with E-state index >= 15 is 0 Å². The van der Waals surface area contributed by atoms with Crippen molar-refractivity contribution in [2.45, 2.75) is 0 Å². The molecule has 0 unspecified atom stereocenters. The summed E-state index contributed by atoms with van der Waals surface area (Å²) in [6.07, 6.45) is 9.09.